The number of carbonyl (C=O) groups is 1. The summed E-state index contributed by atoms with van der Waals surface area (Å²) >= 11 is 0. The van der Waals surface area contributed by atoms with Crippen LogP contribution in [0.5, 0.6) is 0 Å². The number of ether oxygens (including phenoxy) is 1. The number of fused-ring (bicyclic) bond motifs is 1. The van der Waals surface area contributed by atoms with Crippen LogP contribution in [-0.4, -0.2) is 31.6 Å². The second-order valence-corrected chi connectivity index (χ2v) is 5.12. The van der Waals surface area contributed by atoms with Crippen LogP contribution in [-0.2, 0) is 17.6 Å². The van der Waals surface area contributed by atoms with E-state index in [1.807, 2.05) is 6.07 Å². The van der Waals surface area contributed by atoms with E-state index in [9.17, 15) is 4.79 Å². The molecule has 0 bridgehead atoms. The van der Waals surface area contributed by atoms with E-state index in [1.54, 1.807) is 0 Å². The number of ketones is 1. The third kappa shape index (κ3) is 2.33. The average Bonchev–Trinajstić information content (AvgIpc) is 2.47. The molecule has 0 amide bonds. The number of nitrogens with one attached hydrogen (secondary N) is 1. The molecule has 18 heavy (non-hydrogen) atoms. The number of morpholine rings is 1. The normalized spacial score (nSPS) is 23.4. The summed E-state index contributed by atoms with van der Waals surface area (Å²) in [6, 6.07) is 6.16. The average molecular weight is 245 g/mol. The van der Waals surface area contributed by atoms with Crippen molar-refractivity contribution >= 4 is 5.78 Å². The van der Waals surface area contributed by atoms with Crippen LogP contribution >= 0.6 is 0 Å². The van der Waals surface area contributed by atoms with Crippen LogP contribution in [0.2, 0.25) is 0 Å². The zero-order valence-corrected chi connectivity index (χ0v) is 10.6. The summed E-state index contributed by atoms with van der Waals surface area (Å²) in [6.07, 6.45) is 4.48. The molecule has 3 heteroatoms. The van der Waals surface area contributed by atoms with Gasteiger partial charge in [-0.05, 0) is 42.9 Å². The molecule has 0 radical (unpaired) electrons. The minimum absolute atomic E-state index is 0.121. The Labute approximate surface area is 108 Å². The number of hydrogen-bond acceptors (Lipinski definition) is 3. The van der Waals surface area contributed by atoms with Gasteiger partial charge >= 0.3 is 0 Å². The van der Waals surface area contributed by atoms with Crippen molar-refractivity contribution < 1.29 is 9.53 Å². The molecule has 1 aromatic carbocycles. The summed E-state index contributed by atoms with van der Waals surface area (Å²) < 4.78 is 5.53. The van der Waals surface area contributed by atoms with Gasteiger partial charge in [0.15, 0.2) is 5.78 Å². The fraction of sp³-hybridized carbons (Fsp3) is 0.533. The molecule has 96 valence electrons. The predicted octanol–water partition coefficient (Wildman–Crippen LogP) is 1.74. The lowest BCUT2D eigenvalue weighted by Crippen LogP contribution is -2.43. The highest BCUT2D eigenvalue weighted by molar-refractivity contribution is 6.00. The maximum Gasteiger partial charge on any atom is 0.192 e. The molecule has 0 saturated carbocycles. The molecule has 1 atom stereocenters. The number of aryl methyl sites for hydroxylation is 2. The van der Waals surface area contributed by atoms with Gasteiger partial charge in [-0.1, -0.05) is 12.1 Å². The van der Waals surface area contributed by atoms with E-state index in [4.69, 9.17) is 4.74 Å². The Hall–Kier alpha value is -1.19. The second-order valence-electron chi connectivity index (χ2n) is 5.12. The van der Waals surface area contributed by atoms with Gasteiger partial charge < -0.3 is 10.1 Å². The molecular weight excluding hydrogens is 226 g/mol. The van der Waals surface area contributed by atoms with Crippen LogP contribution in [0.25, 0.3) is 0 Å². The van der Waals surface area contributed by atoms with Crippen molar-refractivity contribution in [1.29, 1.82) is 0 Å². The van der Waals surface area contributed by atoms with Gasteiger partial charge in [-0.2, -0.15) is 0 Å². The minimum atomic E-state index is -0.305. The lowest BCUT2D eigenvalue weighted by molar-refractivity contribution is 0.0269. The first kappa shape index (κ1) is 11.9. The summed E-state index contributed by atoms with van der Waals surface area (Å²) in [5.74, 6) is 0.121. The van der Waals surface area contributed by atoms with Crippen LogP contribution in [0.4, 0.5) is 0 Å². The van der Waals surface area contributed by atoms with Gasteiger partial charge in [-0.25, -0.2) is 0 Å². The van der Waals surface area contributed by atoms with E-state index in [1.165, 1.54) is 24.0 Å². The molecule has 1 aliphatic heterocycles. The van der Waals surface area contributed by atoms with Crippen molar-refractivity contribution in [2.24, 2.45) is 0 Å². The summed E-state index contributed by atoms with van der Waals surface area (Å²) in [5, 5.41) is 3.20. The Morgan fingerprint density at radius 2 is 2.06 bits per heavy atom. The third-order valence-electron chi connectivity index (χ3n) is 3.85. The summed E-state index contributed by atoms with van der Waals surface area (Å²) in [5.41, 5.74) is 3.58. The molecular formula is C15H19NO2. The van der Waals surface area contributed by atoms with Gasteiger partial charge in [0.1, 0.15) is 6.10 Å². The van der Waals surface area contributed by atoms with Crippen molar-refractivity contribution in [1.82, 2.24) is 5.32 Å². The molecule has 0 aromatic heterocycles. The summed E-state index contributed by atoms with van der Waals surface area (Å²) in [6.45, 7) is 2.10. The fourth-order valence-electron chi connectivity index (χ4n) is 2.81. The van der Waals surface area contributed by atoms with Crippen LogP contribution in [0.15, 0.2) is 18.2 Å². The van der Waals surface area contributed by atoms with Gasteiger partial charge in [0.05, 0.1) is 6.61 Å². The molecule has 1 fully saturated rings. The Balaban J connectivity index is 1.80. The quantitative estimate of drug-likeness (QED) is 0.807. The summed E-state index contributed by atoms with van der Waals surface area (Å²) in [7, 11) is 0. The smallest absolute Gasteiger partial charge is 0.192 e. The van der Waals surface area contributed by atoms with Gasteiger partial charge in [0, 0.05) is 18.7 Å². The van der Waals surface area contributed by atoms with Gasteiger partial charge in [0.25, 0.3) is 0 Å². The van der Waals surface area contributed by atoms with E-state index in [0.717, 1.165) is 24.9 Å². The monoisotopic (exact) mass is 245 g/mol. The van der Waals surface area contributed by atoms with E-state index < -0.39 is 0 Å². The highest BCUT2D eigenvalue weighted by Gasteiger charge is 2.23. The fourth-order valence-corrected chi connectivity index (χ4v) is 2.81. The molecule has 1 N–H and O–H groups in total. The Morgan fingerprint density at radius 3 is 2.83 bits per heavy atom. The first-order chi connectivity index (χ1) is 8.84. The van der Waals surface area contributed by atoms with Gasteiger partial charge in [0.2, 0.25) is 0 Å². The first-order valence-corrected chi connectivity index (χ1v) is 6.83. The van der Waals surface area contributed by atoms with Crippen LogP contribution in [0, 0.1) is 0 Å². The number of Topliss-reactive ketones (excluding diaryl/α,β-unsaturated/α-hetero) is 1. The van der Waals surface area contributed by atoms with Gasteiger partial charge in [-0.3, -0.25) is 4.79 Å². The zero-order valence-electron chi connectivity index (χ0n) is 10.6. The van der Waals surface area contributed by atoms with Crippen molar-refractivity contribution in [2.45, 2.75) is 31.8 Å². The minimum Gasteiger partial charge on any atom is -0.367 e. The topological polar surface area (TPSA) is 38.3 Å². The molecule has 1 unspecified atom stereocenters. The van der Waals surface area contributed by atoms with Crippen LogP contribution in [0.1, 0.15) is 34.3 Å². The van der Waals surface area contributed by atoms with Crippen LogP contribution in [0.3, 0.4) is 0 Å². The van der Waals surface area contributed by atoms with E-state index >= 15 is 0 Å². The maximum absolute atomic E-state index is 12.3. The largest absolute Gasteiger partial charge is 0.367 e. The molecule has 1 aliphatic carbocycles. The van der Waals surface area contributed by atoms with E-state index in [0.29, 0.717) is 13.2 Å². The molecule has 0 spiro atoms. The van der Waals surface area contributed by atoms with Crippen molar-refractivity contribution in [3.05, 3.63) is 34.9 Å². The molecule has 2 aliphatic rings. The van der Waals surface area contributed by atoms with E-state index in [-0.39, 0.29) is 11.9 Å². The number of hydrogen-bond donors (Lipinski definition) is 1. The van der Waals surface area contributed by atoms with Crippen molar-refractivity contribution in [3.63, 3.8) is 0 Å². The van der Waals surface area contributed by atoms with Crippen molar-refractivity contribution in [2.75, 3.05) is 19.7 Å². The van der Waals surface area contributed by atoms with E-state index in [2.05, 4.69) is 17.4 Å². The second kappa shape index (κ2) is 5.21. The SMILES string of the molecule is O=C(c1ccc2c(c1)CCCC2)C1CNCCO1. The highest BCUT2D eigenvalue weighted by atomic mass is 16.5. The Bertz CT molecular complexity index is 450. The van der Waals surface area contributed by atoms with Crippen molar-refractivity contribution in [3.8, 4) is 0 Å². The Morgan fingerprint density at radius 1 is 1.22 bits per heavy atom. The standard InChI is InChI=1S/C15H19NO2/c17-15(14-10-16-7-8-18-14)13-6-5-11-3-1-2-4-12(11)9-13/h5-6,9,14,16H,1-4,7-8,10H2. The number of carbonyl (C=O) groups excluding carboxylic acids is 1. The van der Waals surface area contributed by atoms with Gasteiger partial charge in [-0.15, -0.1) is 0 Å². The molecule has 1 saturated heterocycles. The Kier molecular flexibility index (Phi) is 3.43. The molecule has 1 aromatic rings. The summed E-state index contributed by atoms with van der Waals surface area (Å²) in [4.78, 5) is 12.3. The predicted molar refractivity (Wildman–Crippen MR) is 70.0 cm³/mol. The number of benzene rings is 1. The molecule has 1 heterocycles. The maximum atomic E-state index is 12.3. The van der Waals surface area contributed by atoms with Crippen LogP contribution < -0.4 is 5.32 Å². The highest BCUT2D eigenvalue weighted by Crippen LogP contribution is 2.23. The first-order valence-electron chi connectivity index (χ1n) is 6.83. The lowest BCUT2D eigenvalue weighted by atomic mass is 9.89. The molecule has 3 nitrogen and oxygen atoms in total. The number of rotatable bonds is 2. The third-order valence-corrected chi connectivity index (χ3v) is 3.85. The molecule has 3 rings (SSSR count). The zero-order chi connectivity index (χ0) is 12.4. The lowest BCUT2D eigenvalue weighted by Gasteiger charge is -2.23.